The predicted molar refractivity (Wildman–Crippen MR) is 90.9 cm³/mol. The van der Waals surface area contributed by atoms with Crippen LogP contribution in [0.15, 0.2) is 36.7 Å². The van der Waals surface area contributed by atoms with Crippen molar-refractivity contribution in [3.8, 4) is 6.07 Å². The summed E-state index contributed by atoms with van der Waals surface area (Å²) in [5.41, 5.74) is 1.62. The third-order valence-electron chi connectivity index (χ3n) is 5.03. The maximum atomic E-state index is 12.8. The molecule has 0 atom stereocenters. The highest BCUT2D eigenvalue weighted by atomic mass is 16.5. The Hall–Kier alpha value is -2.65. The van der Waals surface area contributed by atoms with Crippen LogP contribution >= 0.6 is 0 Å². The van der Waals surface area contributed by atoms with Gasteiger partial charge in [-0.25, -0.2) is 0 Å². The number of nitriles is 1. The van der Waals surface area contributed by atoms with Gasteiger partial charge in [-0.2, -0.15) is 10.4 Å². The zero-order chi connectivity index (χ0) is 17.3. The Morgan fingerprint density at radius 1 is 1.36 bits per heavy atom. The van der Waals surface area contributed by atoms with E-state index in [2.05, 4.69) is 16.5 Å². The van der Waals surface area contributed by atoms with Crippen molar-refractivity contribution in [2.24, 2.45) is 0 Å². The van der Waals surface area contributed by atoms with Gasteiger partial charge in [0.05, 0.1) is 35.0 Å². The summed E-state index contributed by atoms with van der Waals surface area (Å²) in [5.74, 6) is -0.129. The summed E-state index contributed by atoms with van der Waals surface area (Å²) in [6.07, 6.45) is 7.09. The number of nitrogens with zero attached hydrogens (tertiary/aromatic N) is 3. The van der Waals surface area contributed by atoms with Gasteiger partial charge in [0.25, 0.3) is 5.91 Å². The van der Waals surface area contributed by atoms with Crippen molar-refractivity contribution in [3.05, 3.63) is 53.3 Å². The topological polar surface area (TPSA) is 79.9 Å². The minimum Gasteiger partial charge on any atom is -0.381 e. The maximum Gasteiger partial charge on any atom is 0.255 e. The lowest BCUT2D eigenvalue weighted by Crippen LogP contribution is -2.49. The molecule has 0 bridgehead atoms. The van der Waals surface area contributed by atoms with E-state index in [0.29, 0.717) is 43.2 Å². The highest BCUT2D eigenvalue weighted by molar-refractivity contribution is 5.94. The minimum atomic E-state index is -0.510. The van der Waals surface area contributed by atoms with Crippen LogP contribution in [0, 0.1) is 11.3 Å². The lowest BCUT2D eigenvalue weighted by atomic mass is 9.82. The molecule has 0 radical (unpaired) electrons. The van der Waals surface area contributed by atoms with Crippen LogP contribution in [0.3, 0.4) is 0 Å². The number of benzene rings is 1. The summed E-state index contributed by atoms with van der Waals surface area (Å²) in [4.78, 5) is 12.8. The summed E-state index contributed by atoms with van der Waals surface area (Å²) in [7, 11) is 0. The van der Waals surface area contributed by atoms with Gasteiger partial charge in [0.2, 0.25) is 0 Å². The molecule has 25 heavy (non-hydrogen) atoms. The molecule has 1 aliphatic heterocycles. The number of ether oxygens (including phenoxy) is 1. The van der Waals surface area contributed by atoms with Crippen molar-refractivity contribution in [1.29, 1.82) is 5.26 Å². The van der Waals surface area contributed by atoms with Gasteiger partial charge in [0.15, 0.2) is 0 Å². The maximum absolute atomic E-state index is 12.8. The largest absolute Gasteiger partial charge is 0.381 e. The van der Waals surface area contributed by atoms with Crippen LogP contribution in [0.2, 0.25) is 0 Å². The Morgan fingerprint density at radius 3 is 2.88 bits per heavy atom. The van der Waals surface area contributed by atoms with Gasteiger partial charge in [-0.15, -0.1) is 0 Å². The first-order valence-electron chi connectivity index (χ1n) is 8.65. The molecule has 2 aromatic rings. The van der Waals surface area contributed by atoms with E-state index in [0.717, 1.165) is 18.4 Å². The van der Waals surface area contributed by atoms with Crippen molar-refractivity contribution in [2.75, 3.05) is 13.2 Å². The van der Waals surface area contributed by atoms with Crippen molar-refractivity contribution in [3.63, 3.8) is 0 Å². The molecule has 2 fully saturated rings. The number of hydrogen-bond acceptors (Lipinski definition) is 4. The van der Waals surface area contributed by atoms with Gasteiger partial charge in [0.1, 0.15) is 0 Å². The van der Waals surface area contributed by atoms with Crippen molar-refractivity contribution in [1.82, 2.24) is 15.1 Å². The number of hydrogen-bond donors (Lipinski definition) is 1. The molecule has 1 amide bonds. The SMILES string of the molecule is N#Cc1cccc(C2(NC(=O)c3cnn(C4CC4)c3)CCOCC2)c1. The second-order valence-electron chi connectivity index (χ2n) is 6.78. The van der Waals surface area contributed by atoms with Gasteiger partial charge in [-0.1, -0.05) is 12.1 Å². The fourth-order valence-corrected chi connectivity index (χ4v) is 3.38. The zero-order valence-corrected chi connectivity index (χ0v) is 13.9. The molecule has 1 N–H and O–H groups in total. The molecule has 4 rings (SSSR count). The fraction of sp³-hybridized carbons (Fsp3) is 0.421. The molecule has 1 aromatic carbocycles. The van der Waals surface area contributed by atoms with E-state index in [1.54, 1.807) is 12.3 Å². The first-order chi connectivity index (χ1) is 12.2. The van der Waals surface area contributed by atoms with E-state index in [1.165, 1.54) is 0 Å². The standard InChI is InChI=1S/C19H20N4O2/c20-11-14-2-1-3-16(10-14)19(6-8-25-9-7-19)22-18(24)15-12-21-23(13-15)17-4-5-17/h1-3,10,12-13,17H,4-9H2,(H,22,24). The summed E-state index contributed by atoms with van der Waals surface area (Å²) in [5, 5.41) is 16.7. The average Bonchev–Trinajstić information content (AvgIpc) is 3.39. The lowest BCUT2D eigenvalue weighted by molar-refractivity contribution is 0.0345. The zero-order valence-electron chi connectivity index (χ0n) is 13.9. The summed E-state index contributed by atoms with van der Waals surface area (Å²) >= 11 is 0. The molecule has 6 nitrogen and oxygen atoms in total. The molecule has 1 saturated heterocycles. The Labute approximate surface area is 146 Å². The van der Waals surface area contributed by atoms with Crippen LogP contribution in [0.5, 0.6) is 0 Å². The first kappa shape index (κ1) is 15.9. The molecule has 2 aliphatic rings. The summed E-state index contributed by atoms with van der Waals surface area (Å²) in [6.45, 7) is 1.16. The predicted octanol–water partition coefficient (Wildman–Crippen LogP) is 2.53. The number of carbonyl (C=O) groups is 1. The Bertz CT molecular complexity index is 826. The molecule has 1 aromatic heterocycles. The highest BCUT2D eigenvalue weighted by Crippen LogP contribution is 2.35. The second kappa shape index (κ2) is 6.34. The van der Waals surface area contributed by atoms with Gasteiger partial charge in [-0.05, 0) is 43.4 Å². The normalized spacial score (nSPS) is 19.2. The lowest BCUT2D eigenvalue weighted by Gasteiger charge is -2.38. The molecule has 1 aliphatic carbocycles. The van der Waals surface area contributed by atoms with Gasteiger partial charge in [0, 0.05) is 19.4 Å². The van der Waals surface area contributed by atoms with Crippen LogP contribution in [0.1, 0.15) is 53.2 Å². The van der Waals surface area contributed by atoms with Gasteiger partial charge in [-0.3, -0.25) is 9.48 Å². The number of carbonyl (C=O) groups excluding carboxylic acids is 1. The van der Waals surface area contributed by atoms with Crippen LogP contribution in [0.25, 0.3) is 0 Å². The Kier molecular flexibility index (Phi) is 4.02. The Balaban J connectivity index is 1.61. The molecular weight excluding hydrogens is 316 g/mol. The fourth-order valence-electron chi connectivity index (χ4n) is 3.38. The first-order valence-corrected chi connectivity index (χ1v) is 8.65. The second-order valence-corrected chi connectivity index (χ2v) is 6.78. The summed E-state index contributed by atoms with van der Waals surface area (Å²) < 4.78 is 7.38. The van der Waals surface area contributed by atoms with Crippen LogP contribution in [-0.2, 0) is 10.3 Å². The smallest absolute Gasteiger partial charge is 0.255 e. The average molecular weight is 336 g/mol. The molecule has 1 saturated carbocycles. The van der Waals surface area contributed by atoms with E-state index < -0.39 is 5.54 Å². The van der Waals surface area contributed by atoms with Crippen molar-refractivity contribution in [2.45, 2.75) is 37.3 Å². The summed E-state index contributed by atoms with van der Waals surface area (Å²) in [6, 6.07) is 10.1. The van der Waals surface area contributed by atoms with Crippen LogP contribution < -0.4 is 5.32 Å². The van der Waals surface area contributed by atoms with Crippen molar-refractivity contribution < 1.29 is 9.53 Å². The number of rotatable bonds is 4. The van der Waals surface area contributed by atoms with E-state index in [-0.39, 0.29) is 5.91 Å². The van der Waals surface area contributed by atoms with Gasteiger partial charge < -0.3 is 10.1 Å². The van der Waals surface area contributed by atoms with Crippen molar-refractivity contribution >= 4 is 5.91 Å². The van der Waals surface area contributed by atoms with E-state index in [1.807, 2.05) is 29.1 Å². The molecular formula is C19H20N4O2. The van der Waals surface area contributed by atoms with E-state index in [4.69, 9.17) is 4.74 Å². The third kappa shape index (κ3) is 3.15. The number of aromatic nitrogens is 2. The minimum absolute atomic E-state index is 0.129. The number of amides is 1. The van der Waals surface area contributed by atoms with E-state index >= 15 is 0 Å². The van der Waals surface area contributed by atoms with Gasteiger partial charge >= 0.3 is 0 Å². The molecule has 2 heterocycles. The quantitative estimate of drug-likeness (QED) is 0.930. The third-order valence-corrected chi connectivity index (χ3v) is 5.03. The molecule has 6 heteroatoms. The molecule has 128 valence electrons. The van der Waals surface area contributed by atoms with Crippen LogP contribution in [0.4, 0.5) is 0 Å². The van der Waals surface area contributed by atoms with E-state index in [9.17, 15) is 10.1 Å². The Morgan fingerprint density at radius 2 is 2.16 bits per heavy atom. The number of nitrogens with one attached hydrogen (secondary N) is 1. The molecule has 0 unspecified atom stereocenters. The highest BCUT2D eigenvalue weighted by Gasteiger charge is 2.37. The van der Waals surface area contributed by atoms with Crippen LogP contribution in [-0.4, -0.2) is 28.9 Å². The monoisotopic (exact) mass is 336 g/mol. The molecule has 0 spiro atoms.